The molecule has 2 unspecified atom stereocenters. The van der Waals surface area contributed by atoms with Crippen molar-refractivity contribution in [2.24, 2.45) is 0 Å². The minimum absolute atomic E-state index is 0.129. The lowest BCUT2D eigenvalue weighted by Gasteiger charge is -2.42. The second-order valence-electron chi connectivity index (χ2n) is 6.42. The number of carbonyl (C=O) groups excluding carboxylic acids is 2. The normalized spacial score (nSPS) is 18.6. The maximum absolute atomic E-state index is 12.4. The second-order valence-corrected chi connectivity index (χ2v) is 7.73. The minimum Gasteiger partial charge on any atom is -0.508 e. The number of phenols is 1. The maximum atomic E-state index is 12.4. The van der Waals surface area contributed by atoms with Gasteiger partial charge in [-0.25, -0.2) is 4.98 Å². The number of phenolic OH excluding ortho intramolecular Hbond substituents is 1. The molecule has 1 fully saturated rings. The molecule has 2 N–H and O–H groups in total. The van der Waals surface area contributed by atoms with Crippen molar-refractivity contribution in [3.05, 3.63) is 59.5 Å². The molecule has 0 aliphatic carbocycles. The van der Waals surface area contributed by atoms with Gasteiger partial charge in [-0.05, 0) is 29.8 Å². The molecular formula is C20H16ClN3O3S. The zero-order valence-electron chi connectivity index (χ0n) is 14.8. The number of alkyl halides is 1. The van der Waals surface area contributed by atoms with Crippen molar-refractivity contribution in [1.29, 1.82) is 0 Å². The third-order valence-electron chi connectivity index (χ3n) is 4.46. The molecule has 2 atom stereocenters. The Bertz CT molecular complexity index is 1030. The molecule has 0 radical (unpaired) electrons. The van der Waals surface area contributed by atoms with Crippen LogP contribution in [0.3, 0.4) is 0 Å². The van der Waals surface area contributed by atoms with Gasteiger partial charge >= 0.3 is 0 Å². The fraction of sp³-hybridized carbons (Fsp3) is 0.150. The third kappa shape index (κ3) is 3.34. The van der Waals surface area contributed by atoms with E-state index in [4.69, 9.17) is 11.6 Å². The van der Waals surface area contributed by atoms with Crippen LogP contribution in [-0.2, 0) is 9.59 Å². The number of hydrogen-bond acceptors (Lipinski definition) is 5. The fourth-order valence-corrected chi connectivity index (χ4v) is 4.33. The molecule has 1 aliphatic heterocycles. The number of β-lactam (4-membered cyclic amide) rings is 1. The molecular weight excluding hydrogens is 398 g/mol. The van der Waals surface area contributed by atoms with Crippen LogP contribution in [0.25, 0.3) is 11.3 Å². The quantitative estimate of drug-likeness (QED) is 0.496. The Morgan fingerprint density at radius 1 is 1.18 bits per heavy atom. The van der Waals surface area contributed by atoms with Crippen LogP contribution in [-0.4, -0.2) is 27.3 Å². The molecule has 1 saturated heterocycles. The van der Waals surface area contributed by atoms with E-state index in [1.807, 2.05) is 17.5 Å². The van der Waals surface area contributed by atoms with Crippen LogP contribution >= 0.6 is 22.9 Å². The van der Waals surface area contributed by atoms with Crippen LogP contribution in [0.15, 0.2) is 53.9 Å². The molecule has 0 bridgehead atoms. The molecule has 1 aromatic heterocycles. The van der Waals surface area contributed by atoms with Gasteiger partial charge in [-0.1, -0.05) is 24.3 Å². The summed E-state index contributed by atoms with van der Waals surface area (Å²) in [6.07, 6.45) is 0. The molecule has 28 heavy (non-hydrogen) atoms. The average molecular weight is 414 g/mol. The third-order valence-corrected chi connectivity index (χ3v) is 5.73. The van der Waals surface area contributed by atoms with Crippen LogP contribution in [0.2, 0.25) is 0 Å². The van der Waals surface area contributed by atoms with E-state index in [0.29, 0.717) is 10.8 Å². The zero-order chi connectivity index (χ0) is 19.8. The number of anilines is 2. The summed E-state index contributed by atoms with van der Waals surface area (Å²) in [6, 6.07) is 13.7. The van der Waals surface area contributed by atoms with E-state index in [0.717, 1.165) is 16.8 Å². The lowest BCUT2D eigenvalue weighted by Crippen LogP contribution is -2.56. The summed E-state index contributed by atoms with van der Waals surface area (Å²) in [5.41, 5.74) is 3.17. The summed E-state index contributed by atoms with van der Waals surface area (Å²) in [5, 5.41) is 14.0. The number of aromatic hydroxyl groups is 1. The van der Waals surface area contributed by atoms with Crippen molar-refractivity contribution >= 4 is 45.6 Å². The van der Waals surface area contributed by atoms with E-state index < -0.39 is 5.38 Å². The molecule has 6 nitrogen and oxygen atoms in total. The van der Waals surface area contributed by atoms with Crippen LogP contribution in [0, 0.1) is 0 Å². The van der Waals surface area contributed by atoms with Gasteiger partial charge in [-0.15, -0.1) is 22.9 Å². The second kappa shape index (κ2) is 7.26. The first-order chi connectivity index (χ1) is 13.4. The van der Waals surface area contributed by atoms with E-state index in [1.165, 1.54) is 18.3 Å². The molecule has 8 heteroatoms. The van der Waals surface area contributed by atoms with Crippen LogP contribution in [0.4, 0.5) is 10.8 Å². The fourth-order valence-electron chi connectivity index (χ4n) is 3.09. The Kier molecular flexibility index (Phi) is 4.78. The number of amides is 2. The molecule has 2 aromatic carbocycles. The van der Waals surface area contributed by atoms with E-state index in [9.17, 15) is 14.7 Å². The number of nitrogens with one attached hydrogen (secondary N) is 1. The topological polar surface area (TPSA) is 82.5 Å². The maximum Gasteiger partial charge on any atom is 0.249 e. The van der Waals surface area contributed by atoms with Gasteiger partial charge in [0.05, 0.1) is 11.7 Å². The summed E-state index contributed by atoms with van der Waals surface area (Å²) in [7, 11) is 0. The Morgan fingerprint density at radius 3 is 2.50 bits per heavy atom. The van der Waals surface area contributed by atoms with Crippen molar-refractivity contribution in [3.8, 4) is 17.0 Å². The Hall–Kier alpha value is -2.90. The largest absolute Gasteiger partial charge is 0.508 e. The summed E-state index contributed by atoms with van der Waals surface area (Å²) in [4.78, 5) is 29.7. The predicted molar refractivity (Wildman–Crippen MR) is 110 cm³/mol. The number of aromatic nitrogens is 1. The monoisotopic (exact) mass is 413 g/mol. The molecule has 0 saturated carbocycles. The van der Waals surface area contributed by atoms with E-state index in [-0.39, 0.29) is 23.6 Å². The molecule has 1 aliphatic rings. The smallest absolute Gasteiger partial charge is 0.249 e. The number of nitrogens with zero attached hydrogens (tertiary/aromatic N) is 2. The minimum atomic E-state index is -0.658. The first-order valence-electron chi connectivity index (χ1n) is 8.53. The standard InChI is InChI=1S/C20H16ClN3O3S/c1-11(25)22-14-6-2-12(3-7-14)16-10-28-20(23-16)24-18(17(21)19(24)27)13-4-8-15(26)9-5-13/h2-10,17-18,26H,1H3,(H,22,25). The number of rotatable bonds is 4. The highest BCUT2D eigenvalue weighted by atomic mass is 35.5. The van der Waals surface area contributed by atoms with E-state index in [1.54, 1.807) is 41.3 Å². The first-order valence-corrected chi connectivity index (χ1v) is 9.85. The lowest BCUT2D eigenvalue weighted by molar-refractivity contribution is -0.123. The number of benzene rings is 2. The van der Waals surface area contributed by atoms with Crippen molar-refractivity contribution < 1.29 is 14.7 Å². The van der Waals surface area contributed by atoms with Crippen LogP contribution in [0.5, 0.6) is 5.75 Å². The molecule has 2 amide bonds. The Morgan fingerprint density at radius 2 is 1.86 bits per heavy atom. The molecule has 2 heterocycles. The van der Waals surface area contributed by atoms with E-state index in [2.05, 4.69) is 10.3 Å². The number of halogens is 1. The molecule has 3 aromatic rings. The molecule has 142 valence electrons. The van der Waals surface area contributed by atoms with Gasteiger partial charge in [0.2, 0.25) is 11.8 Å². The summed E-state index contributed by atoms with van der Waals surface area (Å²) in [5.74, 6) is -0.163. The molecule has 4 rings (SSSR count). The first kappa shape index (κ1) is 18.5. The number of thiazole rings is 1. The number of hydrogen-bond donors (Lipinski definition) is 2. The van der Waals surface area contributed by atoms with Crippen LogP contribution < -0.4 is 10.2 Å². The Balaban J connectivity index is 1.58. The summed E-state index contributed by atoms with van der Waals surface area (Å²) < 4.78 is 0. The van der Waals surface area contributed by atoms with Gasteiger partial charge in [-0.2, -0.15) is 0 Å². The van der Waals surface area contributed by atoms with Crippen molar-refractivity contribution in [2.75, 3.05) is 10.2 Å². The van der Waals surface area contributed by atoms with Gasteiger partial charge < -0.3 is 10.4 Å². The highest BCUT2D eigenvalue weighted by molar-refractivity contribution is 7.14. The van der Waals surface area contributed by atoms with Crippen LogP contribution in [0.1, 0.15) is 18.5 Å². The van der Waals surface area contributed by atoms with Gasteiger partial charge in [0, 0.05) is 23.6 Å². The van der Waals surface area contributed by atoms with Crippen molar-refractivity contribution in [3.63, 3.8) is 0 Å². The van der Waals surface area contributed by atoms with Gasteiger partial charge in [0.1, 0.15) is 11.1 Å². The predicted octanol–water partition coefficient (Wildman–Crippen LogP) is 4.17. The van der Waals surface area contributed by atoms with Crippen molar-refractivity contribution in [2.45, 2.75) is 18.3 Å². The highest BCUT2D eigenvalue weighted by Crippen LogP contribution is 2.44. The van der Waals surface area contributed by atoms with Gasteiger partial charge in [0.15, 0.2) is 5.13 Å². The number of carbonyl (C=O) groups is 2. The zero-order valence-corrected chi connectivity index (χ0v) is 16.4. The average Bonchev–Trinajstić information content (AvgIpc) is 3.15. The van der Waals surface area contributed by atoms with E-state index >= 15 is 0 Å². The summed E-state index contributed by atoms with van der Waals surface area (Å²) in [6.45, 7) is 1.46. The SMILES string of the molecule is CC(=O)Nc1ccc(-c2csc(N3C(=O)C(Cl)C3c3ccc(O)cc3)n2)cc1. The summed E-state index contributed by atoms with van der Waals surface area (Å²) >= 11 is 7.62. The van der Waals surface area contributed by atoms with Crippen molar-refractivity contribution in [1.82, 2.24) is 4.98 Å². The van der Waals surface area contributed by atoms with Gasteiger partial charge in [0.25, 0.3) is 0 Å². The Labute approximate surface area is 170 Å². The van der Waals surface area contributed by atoms with Gasteiger partial charge in [-0.3, -0.25) is 14.5 Å². The highest BCUT2D eigenvalue weighted by Gasteiger charge is 2.49. The lowest BCUT2D eigenvalue weighted by atomic mass is 9.94. The molecule has 0 spiro atoms.